The van der Waals surface area contributed by atoms with Crippen LogP contribution in [0.25, 0.3) is 0 Å². The lowest BCUT2D eigenvalue weighted by Crippen LogP contribution is -2.50. The van der Waals surface area contributed by atoms with Crippen LogP contribution in [0.2, 0.25) is 0 Å². The Bertz CT molecular complexity index is 720. The van der Waals surface area contributed by atoms with Crippen LogP contribution in [-0.2, 0) is 10.0 Å². The summed E-state index contributed by atoms with van der Waals surface area (Å²) < 4.78 is 25.6. The lowest BCUT2D eigenvalue weighted by molar-refractivity contribution is 0.0663. The van der Waals surface area contributed by atoms with Crippen molar-refractivity contribution in [1.29, 1.82) is 5.26 Å². The molecule has 0 bridgehead atoms. The van der Waals surface area contributed by atoms with Crippen molar-refractivity contribution >= 4 is 27.3 Å². The molecule has 3 rings (SSSR count). The summed E-state index contributed by atoms with van der Waals surface area (Å²) in [5.41, 5.74) is 0. The molecule has 0 spiro atoms. The minimum Gasteiger partial charge on any atom is -0.336 e. The van der Waals surface area contributed by atoms with Gasteiger partial charge in [0, 0.05) is 25.7 Å². The molecule has 8 heteroatoms. The summed E-state index contributed by atoms with van der Waals surface area (Å²) in [6.07, 6.45) is 2.28. The van der Waals surface area contributed by atoms with Crippen molar-refractivity contribution in [2.75, 3.05) is 25.4 Å². The molecule has 118 valence electrons. The van der Waals surface area contributed by atoms with Crippen LogP contribution in [0, 0.1) is 11.3 Å². The zero-order chi connectivity index (χ0) is 15.7. The van der Waals surface area contributed by atoms with E-state index in [1.165, 1.54) is 11.3 Å². The maximum absolute atomic E-state index is 12.5. The summed E-state index contributed by atoms with van der Waals surface area (Å²) in [5.74, 6) is 0.112. The van der Waals surface area contributed by atoms with E-state index in [2.05, 4.69) is 0 Å². The van der Waals surface area contributed by atoms with Crippen molar-refractivity contribution in [3.63, 3.8) is 0 Å². The van der Waals surface area contributed by atoms with Crippen LogP contribution in [0.3, 0.4) is 0 Å². The number of thiophene rings is 1. The number of rotatable bonds is 2. The van der Waals surface area contributed by atoms with Crippen molar-refractivity contribution in [3.8, 4) is 6.07 Å². The summed E-state index contributed by atoms with van der Waals surface area (Å²) in [6, 6.07) is 5.23. The van der Waals surface area contributed by atoms with Gasteiger partial charge in [0.05, 0.1) is 10.6 Å². The minimum atomic E-state index is -3.15. The van der Waals surface area contributed by atoms with Crippen molar-refractivity contribution in [3.05, 3.63) is 21.9 Å². The number of hydrogen-bond donors (Lipinski definition) is 0. The van der Waals surface area contributed by atoms with Gasteiger partial charge in [-0.3, -0.25) is 4.79 Å². The second kappa shape index (κ2) is 5.99. The van der Waals surface area contributed by atoms with Crippen LogP contribution < -0.4 is 0 Å². The normalized spacial score (nSPS) is 25.0. The highest BCUT2D eigenvalue weighted by Gasteiger charge is 2.37. The monoisotopic (exact) mass is 339 g/mol. The van der Waals surface area contributed by atoms with Gasteiger partial charge < -0.3 is 4.90 Å². The van der Waals surface area contributed by atoms with Crippen LogP contribution in [0.4, 0.5) is 0 Å². The number of piperidine rings is 1. The molecule has 0 radical (unpaired) electrons. The van der Waals surface area contributed by atoms with E-state index >= 15 is 0 Å². The van der Waals surface area contributed by atoms with Crippen LogP contribution in [-0.4, -0.2) is 55.0 Å². The van der Waals surface area contributed by atoms with E-state index in [0.29, 0.717) is 35.8 Å². The number of likely N-dealkylation sites (tertiary alicyclic amines) is 1. The Morgan fingerprint density at radius 2 is 2.14 bits per heavy atom. The second-order valence-electron chi connectivity index (χ2n) is 5.60. The van der Waals surface area contributed by atoms with E-state index in [0.717, 1.165) is 12.8 Å². The number of amides is 1. The third-order valence-corrected chi connectivity index (χ3v) is 7.13. The van der Waals surface area contributed by atoms with Crippen LogP contribution in [0.15, 0.2) is 12.1 Å². The number of hydrogen-bond acceptors (Lipinski definition) is 5. The lowest BCUT2D eigenvalue weighted by atomic mass is 10.1. The fourth-order valence-electron chi connectivity index (χ4n) is 3.11. The first-order valence-electron chi connectivity index (χ1n) is 7.30. The summed E-state index contributed by atoms with van der Waals surface area (Å²) in [6.45, 7) is 1.65. The predicted octanol–water partition coefficient (Wildman–Crippen LogP) is 1.26. The molecule has 2 aliphatic rings. The Hall–Kier alpha value is -1.43. The Labute approximate surface area is 134 Å². The smallest absolute Gasteiger partial charge is 0.264 e. The first kappa shape index (κ1) is 15.5. The molecule has 1 amide bonds. The standard InChI is InChI=1S/C14H17N3O3S2/c15-9-12-4-5-13(21-12)14(18)16-6-1-3-11(10-16)17-7-2-8-22(17,19)20/h4-5,11H,1-3,6-8,10H2. The predicted molar refractivity (Wildman–Crippen MR) is 83.1 cm³/mol. The Morgan fingerprint density at radius 3 is 2.77 bits per heavy atom. The van der Waals surface area contributed by atoms with Crippen molar-refractivity contribution < 1.29 is 13.2 Å². The summed E-state index contributed by atoms with van der Waals surface area (Å²) in [4.78, 5) is 15.3. The topological polar surface area (TPSA) is 81.5 Å². The molecule has 2 aliphatic heterocycles. The largest absolute Gasteiger partial charge is 0.336 e. The van der Waals surface area contributed by atoms with Gasteiger partial charge in [-0.2, -0.15) is 9.57 Å². The highest BCUT2D eigenvalue weighted by Crippen LogP contribution is 2.26. The number of nitriles is 1. The summed E-state index contributed by atoms with van der Waals surface area (Å²) >= 11 is 1.18. The molecule has 1 aromatic rings. The van der Waals surface area contributed by atoms with Gasteiger partial charge in [0.1, 0.15) is 10.9 Å². The molecule has 1 unspecified atom stereocenters. The van der Waals surface area contributed by atoms with E-state index in [9.17, 15) is 13.2 Å². The van der Waals surface area contributed by atoms with Crippen LogP contribution in [0.1, 0.15) is 33.8 Å². The lowest BCUT2D eigenvalue weighted by Gasteiger charge is -2.36. The first-order valence-corrected chi connectivity index (χ1v) is 9.72. The average Bonchev–Trinajstić information content (AvgIpc) is 3.12. The zero-order valence-corrected chi connectivity index (χ0v) is 13.7. The number of carbonyl (C=O) groups is 1. The SMILES string of the molecule is N#Cc1ccc(C(=O)N2CCCC(N3CCCS3(=O)=O)C2)s1. The van der Waals surface area contributed by atoms with Crippen molar-refractivity contribution in [2.24, 2.45) is 0 Å². The van der Waals surface area contributed by atoms with Gasteiger partial charge in [-0.25, -0.2) is 8.42 Å². The average molecular weight is 339 g/mol. The Balaban J connectivity index is 1.73. The van der Waals surface area contributed by atoms with E-state index in [4.69, 9.17) is 5.26 Å². The number of sulfonamides is 1. The molecule has 6 nitrogen and oxygen atoms in total. The highest BCUT2D eigenvalue weighted by atomic mass is 32.2. The first-order chi connectivity index (χ1) is 10.5. The molecule has 2 fully saturated rings. The van der Waals surface area contributed by atoms with Gasteiger partial charge in [-0.15, -0.1) is 11.3 Å². The van der Waals surface area contributed by atoms with Gasteiger partial charge >= 0.3 is 0 Å². The van der Waals surface area contributed by atoms with E-state index < -0.39 is 10.0 Å². The van der Waals surface area contributed by atoms with E-state index in [1.807, 2.05) is 6.07 Å². The van der Waals surface area contributed by atoms with Gasteiger partial charge in [0.15, 0.2) is 0 Å². The molecule has 0 N–H and O–H groups in total. The second-order valence-corrected chi connectivity index (χ2v) is 8.73. The highest BCUT2D eigenvalue weighted by molar-refractivity contribution is 7.89. The molecule has 22 heavy (non-hydrogen) atoms. The Kier molecular flexibility index (Phi) is 4.21. The van der Waals surface area contributed by atoms with Crippen LogP contribution >= 0.6 is 11.3 Å². The Morgan fingerprint density at radius 1 is 1.32 bits per heavy atom. The molecule has 0 aromatic carbocycles. The number of nitrogens with zero attached hydrogens (tertiary/aromatic N) is 3. The summed E-state index contributed by atoms with van der Waals surface area (Å²) in [5, 5.41) is 8.85. The maximum Gasteiger partial charge on any atom is 0.264 e. The molecular weight excluding hydrogens is 322 g/mol. The van der Waals surface area contributed by atoms with E-state index in [1.54, 1.807) is 21.3 Å². The van der Waals surface area contributed by atoms with Crippen molar-refractivity contribution in [2.45, 2.75) is 25.3 Å². The molecule has 0 saturated carbocycles. The van der Waals surface area contributed by atoms with Crippen LogP contribution in [0.5, 0.6) is 0 Å². The van der Waals surface area contributed by atoms with E-state index in [-0.39, 0.29) is 17.7 Å². The molecule has 0 aliphatic carbocycles. The zero-order valence-electron chi connectivity index (χ0n) is 12.1. The fraction of sp³-hybridized carbons (Fsp3) is 0.571. The van der Waals surface area contributed by atoms with Gasteiger partial charge in [0.25, 0.3) is 5.91 Å². The third-order valence-electron chi connectivity index (χ3n) is 4.16. The van der Waals surface area contributed by atoms with Gasteiger partial charge in [-0.1, -0.05) is 0 Å². The van der Waals surface area contributed by atoms with Crippen molar-refractivity contribution in [1.82, 2.24) is 9.21 Å². The van der Waals surface area contributed by atoms with Gasteiger partial charge in [0.2, 0.25) is 10.0 Å². The minimum absolute atomic E-state index is 0.104. The number of carbonyl (C=O) groups excluding carboxylic acids is 1. The molecule has 1 aromatic heterocycles. The molecule has 2 saturated heterocycles. The molecule has 3 heterocycles. The summed E-state index contributed by atoms with van der Waals surface area (Å²) in [7, 11) is -3.15. The van der Waals surface area contributed by atoms with Gasteiger partial charge in [-0.05, 0) is 31.4 Å². The quantitative estimate of drug-likeness (QED) is 0.812. The molecular formula is C14H17N3O3S2. The third kappa shape index (κ3) is 2.89. The maximum atomic E-state index is 12.5. The molecule has 1 atom stereocenters. The fourth-order valence-corrected chi connectivity index (χ4v) is 5.64.